The second kappa shape index (κ2) is 15.5. The molecule has 3 rings (SSSR count). The van der Waals surface area contributed by atoms with E-state index in [4.69, 9.17) is 5.11 Å². The predicted octanol–water partition coefficient (Wildman–Crippen LogP) is 5.27. The van der Waals surface area contributed by atoms with Crippen LogP contribution in [0.1, 0.15) is 25.8 Å². The third-order valence-electron chi connectivity index (χ3n) is 6.18. The van der Waals surface area contributed by atoms with Crippen LogP contribution in [0.3, 0.4) is 0 Å². The number of carbonyl (C=O) groups is 4. The van der Waals surface area contributed by atoms with Gasteiger partial charge in [0.25, 0.3) is 0 Å². The first kappa shape index (κ1) is 31.2. The number of carboxylic acids is 1. The molecule has 3 aromatic rings. The molecule has 10 heteroatoms. The van der Waals surface area contributed by atoms with Crippen LogP contribution < -0.4 is 20.4 Å². The summed E-state index contributed by atoms with van der Waals surface area (Å²) in [6.45, 7) is 4.40. The molecule has 3 N–H and O–H groups in total. The molecule has 0 fully saturated rings. The number of rotatable bonds is 13. The predicted molar refractivity (Wildman–Crippen MR) is 164 cm³/mol. The molecular formula is C31H36N4O5S. The second-order valence-electron chi connectivity index (χ2n) is 9.88. The Hall–Kier alpha value is -4.31. The van der Waals surface area contributed by atoms with Gasteiger partial charge in [-0.1, -0.05) is 50.2 Å². The smallest absolute Gasteiger partial charge is 0.319 e. The van der Waals surface area contributed by atoms with Gasteiger partial charge in [-0.05, 0) is 60.4 Å². The highest BCUT2D eigenvalue weighted by atomic mass is 32.2. The molecule has 41 heavy (non-hydrogen) atoms. The minimum atomic E-state index is -0.965. The maximum Gasteiger partial charge on any atom is 0.319 e. The molecule has 3 aromatic carbocycles. The number of amides is 4. The number of hydrogen-bond acceptors (Lipinski definition) is 5. The number of carboxylic acid groups (broad SMARTS) is 1. The van der Waals surface area contributed by atoms with Crippen molar-refractivity contribution in [2.75, 3.05) is 41.0 Å². The summed E-state index contributed by atoms with van der Waals surface area (Å²) < 4.78 is 0. The van der Waals surface area contributed by atoms with Crippen LogP contribution in [-0.4, -0.2) is 54.8 Å². The quantitative estimate of drug-likeness (QED) is 0.239. The number of thioether (sulfide) groups is 1. The zero-order valence-electron chi connectivity index (χ0n) is 23.5. The van der Waals surface area contributed by atoms with E-state index in [2.05, 4.69) is 24.5 Å². The van der Waals surface area contributed by atoms with Crippen molar-refractivity contribution in [3.05, 3.63) is 84.4 Å². The topological polar surface area (TPSA) is 119 Å². The Morgan fingerprint density at radius 3 is 2.29 bits per heavy atom. The van der Waals surface area contributed by atoms with Gasteiger partial charge < -0.3 is 25.5 Å². The van der Waals surface area contributed by atoms with Crippen LogP contribution in [0.5, 0.6) is 0 Å². The van der Waals surface area contributed by atoms with E-state index < -0.39 is 12.0 Å². The molecule has 0 saturated carbocycles. The summed E-state index contributed by atoms with van der Waals surface area (Å²) in [5.74, 6) is -0.675. The molecule has 0 aliphatic heterocycles. The van der Waals surface area contributed by atoms with Crippen molar-refractivity contribution in [2.24, 2.45) is 5.92 Å². The van der Waals surface area contributed by atoms with Gasteiger partial charge in [-0.25, -0.2) is 4.79 Å². The zero-order chi connectivity index (χ0) is 29.8. The van der Waals surface area contributed by atoms with Crippen molar-refractivity contribution in [1.82, 2.24) is 5.32 Å². The van der Waals surface area contributed by atoms with Crippen molar-refractivity contribution in [3.63, 3.8) is 0 Å². The first-order valence-electron chi connectivity index (χ1n) is 13.3. The highest BCUT2D eigenvalue weighted by Crippen LogP contribution is 2.26. The molecule has 0 aliphatic carbocycles. The van der Waals surface area contributed by atoms with Gasteiger partial charge in [0, 0.05) is 35.6 Å². The fourth-order valence-corrected chi connectivity index (χ4v) is 4.79. The lowest BCUT2D eigenvalue weighted by Crippen LogP contribution is -2.42. The van der Waals surface area contributed by atoms with Crippen LogP contribution in [0.2, 0.25) is 0 Å². The van der Waals surface area contributed by atoms with Gasteiger partial charge in [0.15, 0.2) is 0 Å². The number of hydrogen-bond donors (Lipinski definition) is 3. The molecule has 0 aliphatic rings. The number of nitrogens with one attached hydrogen (secondary N) is 2. The second-order valence-corrected chi connectivity index (χ2v) is 10.9. The molecule has 9 nitrogen and oxygen atoms in total. The largest absolute Gasteiger partial charge is 0.481 e. The summed E-state index contributed by atoms with van der Waals surface area (Å²) in [5.41, 5.74) is 2.50. The summed E-state index contributed by atoms with van der Waals surface area (Å²) >= 11 is 1.40. The van der Waals surface area contributed by atoms with E-state index in [9.17, 15) is 19.2 Å². The van der Waals surface area contributed by atoms with E-state index in [-0.39, 0.29) is 30.5 Å². The Labute approximate surface area is 244 Å². The minimum absolute atomic E-state index is 0.0388. The maximum atomic E-state index is 13.3. The van der Waals surface area contributed by atoms with Crippen LogP contribution >= 0.6 is 11.8 Å². The summed E-state index contributed by atoms with van der Waals surface area (Å²) in [6.07, 6.45) is 0.613. The van der Waals surface area contributed by atoms with Crippen LogP contribution in [0.25, 0.3) is 0 Å². The SMILES string of the molecule is CC(C)CCN(C(=O)CNC(=O)Nc1cccc(CC(=O)O)c1)c1cccc(SCC(=O)N(C)c2ccccc2)c1. The van der Waals surface area contributed by atoms with Gasteiger partial charge in [-0.3, -0.25) is 14.4 Å². The van der Waals surface area contributed by atoms with E-state index in [1.807, 2.05) is 54.6 Å². The molecule has 4 amide bonds. The van der Waals surface area contributed by atoms with Gasteiger partial charge in [-0.15, -0.1) is 11.8 Å². The van der Waals surface area contributed by atoms with E-state index >= 15 is 0 Å². The van der Waals surface area contributed by atoms with E-state index in [0.29, 0.717) is 29.4 Å². The standard InChI is InChI=1S/C31H36N4O5S/c1-22(2)15-16-35(28(36)20-32-31(40)33-24-10-7-9-23(17-24)18-30(38)39)26-13-8-14-27(19-26)41-21-29(37)34(3)25-11-5-4-6-12-25/h4-14,17,19,22H,15-16,18,20-21H2,1-3H3,(H,38,39)(H2,32,33,40). The first-order valence-corrected chi connectivity index (χ1v) is 14.3. The average Bonchev–Trinajstić information content (AvgIpc) is 2.95. The third kappa shape index (κ3) is 10.3. The summed E-state index contributed by atoms with van der Waals surface area (Å²) in [6, 6.07) is 22.9. The number of benzene rings is 3. The average molecular weight is 577 g/mol. The number of aliphatic carboxylic acids is 1. The minimum Gasteiger partial charge on any atom is -0.481 e. The summed E-state index contributed by atoms with van der Waals surface area (Å²) in [5, 5.41) is 14.2. The van der Waals surface area contributed by atoms with Gasteiger partial charge in [-0.2, -0.15) is 0 Å². The fraction of sp³-hybridized carbons (Fsp3) is 0.290. The molecule has 0 atom stereocenters. The lowest BCUT2D eigenvalue weighted by Gasteiger charge is -2.24. The molecule has 0 unspecified atom stereocenters. The Morgan fingerprint density at radius 2 is 1.59 bits per heavy atom. The van der Waals surface area contributed by atoms with Crippen LogP contribution in [0, 0.1) is 5.92 Å². The molecule has 0 saturated heterocycles. The van der Waals surface area contributed by atoms with Gasteiger partial charge in [0.05, 0.1) is 18.7 Å². The van der Waals surface area contributed by atoms with Crippen LogP contribution in [-0.2, 0) is 20.8 Å². The van der Waals surface area contributed by atoms with Crippen molar-refractivity contribution in [2.45, 2.75) is 31.6 Å². The monoisotopic (exact) mass is 576 g/mol. The van der Waals surface area contributed by atoms with Gasteiger partial charge in [0.2, 0.25) is 11.8 Å². The van der Waals surface area contributed by atoms with Gasteiger partial charge in [0.1, 0.15) is 0 Å². The third-order valence-corrected chi connectivity index (χ3v) is 7.16. The number of nitrogens with zero attached hydrogens (tertiary/aromatic N) is 2. The molecular weight excluding hydrogens is 540 g/mol. The van der Waals surface area contributed by atoms with Crippen LogP contribution in [0.15, 0.2) is 83.8 Å². The molecule has 216 valence electrons. The van der Waals surface area contributed by atoms with Crippen molar-refractivity contribution < 1.29 is 24.3 Å². The Morgan fingerprint density at radius 1 is 0.878 bits per heavy atom. The van der Waals surface area contributed by atoms with Crippen molar-refractivity contribution in [3.8, 4) is 0 Å². The highest BCUT2D eigenvalue weighted by molar-refractivity contribution is 8.00. The highest BCUT2D eigenvalue weighted by Gasteiger charge is 2.18. The number of para-hydroxylation sites is 1. The molecule has 0 heterocycles. The van der Waals surface area contributed by atoms with Crippen molar-refractivity contribution in [1.29, 1.82) is 0 Å². The number of anilines is 3. The molecule has 0 radical (unpaired) electrons. The summed E-state index contributed by atoms with van der Waals surface area (Å²) in [7, 11) is 1.75. The first-order chi connectivity index (χ1) is 19.6. The lowest BCUT2D eigenvalue weighted by molar-refractivity contribution is -0.136. The fourth-order valence-electron chi connectivity index (χ4n) is 3.92. The molecule has 0 bridgehead atoms. The van der Waals surface area contributed by atoms with Gasteiger partial charge >= 0.3 is 12.0 Å². The molecule has 0 spiro atoms. The van der Waals surface area contributed by atoms with Crippen LogP contribution in [0.4, 0.5) is 21.9 Å². The Bertz CT molecular complexity index is 1350. The van der Waals surface area contributed by atoms with E-state index in [1.165, 1.54) is 11.8 Å². The zero-order valence-corrected chi connectivity index (χ0v) is 24.3. The Balaban J connectivity index is 1.62. The summed E-state index contributed by atoms with van der Waals surface area (Å²) in [4.78, 5) is 53.6. The number of urea groups is 1. The van der Waals surface area contributed by atoms with E-state index in [1.54, 1.807) is 41.1 Å². The lowest BCUT2D eigenvalue weighted by atomic mass is 10.1. The van der Waals surface area contributed by atoms with E-state index in [0.717, 1.165) is 17.0 Å². The maximum absolute atomic E-state index is 13.3. The Kier molecular flexibility index (Phi) is 11.8. The molecule has 0 aromatic heterocycles. The number of carbonyl (C=O) groups excluding carboxylic acids is 3. The normalized spacial score (nSPS) is 10.6. The van der Waals surface area contributed by atoms with Crippen molar-refractivity contribution >= 4 is 52.6 Å².